The van der Waals surface area contributed by atoms with Gasteiger partial charge >= 0.3 is 0 Å². The lowest BCUT2D eigenvalue weighted by Gasteiger charge is -2.37. The van der Waals surface area contributed by atoms with Crippen LogP contribution in [0.4, 0.5) is 5.69 Å². The van der Waals surface area contributed by atoms with Gasteiger partial charge < -0.3 is 5.32 Å². The molecule has 1 N–H and O–H groups in total. The highest BCUT2D eigenvalue weighted by molar-refractivity contribution is 9.10. The lowest BCUT2D eigenvalue weighted by molar-refractivity contribution is -0.140. The van der Waals surface area contributed by atoms with E-state index >= 15 is 0 Å². The Kier molecular flexibility index (Phi) is 3.61. The summed E-state index contributed by atoms with van der Waals surface area (Å²) in [5.74, 6) is 0.967. The fourth-order valence-corrected chi connectivity index (χ4v) is 5.47. The largest absolute Gasteiger partial charge is 0.326 e. The summed E-state index contributed by atoms with van der Waals surface area (Å²) in [5.41, 5.74) is 0.702. The topological polar surface area (TPSA) is 66.5 Å². The van der Waals surface area contributed by atoms with Gasteiger partial charge in [-0.25, -0.2) is 0 Å². The van der Waals surface area contributed by atoms with Crippen molar-refractivity contribution in [2.45, 2.75) is 12.8 Å². The van der Waals surface area contributed by atoms with Crippen molar-refractivity contribution in [1.29, 1.82) is 0 Å². The molecule has 5 aliphatic rings. The third-order valence-corrected chi connectivity index (χ3v) is 6.97. The summed E-state index contributed by atoms with van der Waals surface area (Å²) in [6, 6.07) is 7.31. The van der Waals surface area contributed by atoms with Crippen LogP contribution in [0.15, 0.2) is 40.9 Å². The van der Waals surface area contributed by atoms with E-state index in [1.807, 2.05) is 12.1 Å². The molecule has 0 spiro atoms. The summed E-state index contributed by atoms with van der Waals surface area (Å²) in [7, 11) is 0. The number of hydrogen-bond acceptors (Lipinski definition) is 3. The average Bonchev–Trinajstić information content (AvgIpc) is 3.41. The van der Waals surface area contributed by atoms with Crippen molar-refractivity contribution in [1.82, 2.24) is 4.90 Å². The molecule has 3 amide bonds. The second-order valence-corrected chi connectivity index (χ2v) is 8.70. The first-order valence-electron chi connectivity index (χ1n) is 9.13. The lowest BCUT2D eigenvalue weighted by atomic mass is 9.63. The first-order chi connectivity index (χ1) is 12.5. The van der Waals surface area contributed by atoms with E-state index in [2.05, 4.69) is 33.4 Å². The van der Waals surface area contributed by atoms with Crippen molar-refractivity contribution in [2.24, 2.45) is 35.5 Å². The highest BCUT2D eigenvalue weighted by Crippen LogP contribution is 2.65. The van der Waals surface area contributed by atoms with Crippen LogP contribution in [-0.4, -0.2) is 29.2 Å². The molecule has 2 saturated carbocycles. The highest BCUT2D eigenvalue weighted by Gasteiger charge is 2.66. The maximum Gasteiger partial charge on any atom is 0.233 e. The smallest absolute Gasteiger partial charge is 0.233 e. The number of halogens is 1. The quantitative estimate of drug-likeness (QED) is 0.608. The molecule has 134 valence electrons. The van der Waals surface area contributed by atoms with Gasteiger partial charge in [0.05, 0.1) is 11.8 Å². The molecule has 1 aromatic rings. The van der Waals surface area contributed by atoms with Gasteiger partial charge in [0.2, 0.25) is 17.7 Å². The molecule has 1 aliphatic heterocycles. The van der Waals surface area contributed by atoms with Crippen molar-refractivity contribution in [3.05, 3.63) is 40.9 Å². The standard InChI is InChI=1S/C20H19BrN2O3/c21-10-1-3-11(4-2-10)22-16(24)7-8-23-19(25)17-12-5-6-13(15-9-14(12)15)18(17)20(23)26/h1-6,12-15,17-18H,7-9H2,(H,22,24)/t12-,13-,14-,15-,17+,18+/m1/s1. The maximum atomic E-state index is 12.8. The molecule has 1 aromatic carbocycles. The summed E-state index contributed by atoms with van der Waals surface area (Å²) in [5, 5.41) is 2.81. The van der Waals surface area contributed by atoms with Crippen LogP contribution in [0.25, 0.3) is 0 Å². The van der Waals surface area contributed by atoms with Crippen LogP contribution in [0.5, 0.6) is 0 Å². The number of allylic oxidation sites excluding steroid dienone is 2. The van der Waals surface area contributed by atoms with Gasteiger partial charge in [-0.05, 0) is 54.4 Å². The third kappa shape index (κ3) is 2.38. The normalized spacial score (nSPS) is 36.1. The molecule has 1 heterocycles. The Labute approximate surface area is 159 Å². The zero-order valence-corrected chi connectivity index (χ0v) is 15.7. The van der Waals surface area contributed by atoms with Crippen molar-refractivity contribution in [2.75, 3.05) is 11.9 Å². The second-order valence-electron chi connectivity index (χ2n) is 7.79. The minimum Gasteiger partial charge on any atom is -0.326 e. The summed E-state index contributed by atoms with van der Waals surface area (Å²) >= 11 is 3.35. The molecular weight excluding hydrogens is 396 g/mol. The van der Waals surface area contributed by atoms with Crippen LogP contribution in [0.3, 0.4) is 0 Å². The van der Waals surface area contributed by atoms with Crippen LogP contribution >= 0.6 is 15.9 Å². The second kappa shape index (κ2) is 5.78. The maximum absolute atomic E-state index is 12.8. The van der Waals surface area contributed by atoms with Crippen molar-refractivity contribution in [3.63, 3.8) is 0 Å². The van der Waals surface area contributed by atoms with Gasteiger partial charge in [-0.1, -0.05) is 28.1 Å². The number of imide groups is 1. The zero-order valence-electron chi connectivity index (χ0n) is 14.1. The Morgan fingerprint density at radius 2 is 1.62 bits per heavy atom. The first-order valence-corrected chi connectivity index (χ1v) is 9.93. The number of carbonyl (C=O) groups excluding carboxylic acids is 3. The Bertz CT molecular complexity index is 798. The van der Waals surface area contributed by atoms with E-state index in [0.29, 0.717) is 17.5 Å². The van der Waals surface area contributed by atoms with Gasteiger partial charge in [0.25, 0.3) is 0 Å². The van der Waals surface area contributed by atoms with E-state index < -0.39 is 0 Å². The number of amides is 3. The van der Waals surface area contributed by atoms with Crippen LogP contribution in [0.2, 0.25) is 0 Å². The van der Waals surface area contributed by atoms with Gasteiger partial charge in [0, 0.05) is 23.1 Å². The van der Waals surface area contributed by atoms with Gasteiger partial charge in [-0.3, -0.25) is 19.3 Å². The molecular formula is C20H19BrN2O3. The Morgan fingerprint density at radius 1 is 1.04 bits per heavy atom. The first kappa shape index (κ1) is 16.2. The van der Waals surface area contributed by atoms with E-state index in [4.69, 9.17) is 0 Å². The monoisotopic (exact) mass is 414 g/mol. The Hall–Kier alpha value is -1.95. The average molecular weight is 415 g/mol. The molecule has 2 bridgehead atoms. The zero-order chi connectivity index (χ0) is 18.0. The SMILES string of the molecule is O=C(CCN1C(=O)[C@H]2[C@@H]3C=C[C@H]([C@H]4C[C@H]34)[C@@H]2C1=O)Nc1ccc(Br)cc1. The van der Waals surface area contributed by atoms with E-state index in [1.165, 1.54) is 4.90 Å². The predicted molar refractivity (Wildman–Crippen MR) is 98.8 cm³/mol. The molecule has 6 rings (SSSR count). The molecule has 0 unspecified atom stereocenters. The molecule has 26 heavy (non-hydrogen) atoms. The van der Waals surface area contributed by atoms with E-state index in [1.54, 1.807) is 12.1 Å². The third-order valence-electron chi connectivity index (χ3n) is 6.44. The lowest BCUT2D eigenvalue weighted by Crippen LogP contribution is -2.40. The summed E-state index contributed by atoms with van der Waals surface area (Å²) in [6.07, 6.45) is 5.61. The van der Waals surface area contributed by atoms with E-state index in [9.17, 15) is 14.4 Å². The van der Waals surface area contributed by atoms with Crippen LogP contribution < -0.4 is 5.32 Å². The van der Waals surface area contributed by atoms with Crippen molar-refractivity contribution >= 4 is 39.3 Å². The number of likely N-dealkylation sites (tertiary alicyclic amines) is 1. The molecule has 1 saturated heterocycles. The van der Waals surface area contributed by atoms with E-state index in [0.717, 1.165) is 10.9 Å². The van der Waals surface area contributed by atoms with E-state index in [-0.39, 0.29) is 54.4 Å². The Morgan fingerprint density at radius 3 is 2.19 bits per heavy atom. The molecule has 5 nitrogen and oxygen atoms in total. The van der Waals surface area contributed by atoms with Gasteiger partial charge in [0.1, 0.15) is 0 Å². The molecule has 3 fully saturated rings. The van der Waals surface area contributed by atoms with Gasteiger partial charge in [0.15, 0.2) is 0 Å². The minimum absolute atomic E-state index is 0.0684. The predicted octanol–water partition coefficient (Wildman–Crippen LogP) is 2.83. The molecule has 0 radical (unpaired) electrons. The van der Waals surface area contributed by atoms with Crippen LogP contribution in [-0.2, 0) is 14.4 Å². The fourth-order valence-electron chi connectivity index (χ4n) is 5.21. The number of nitrogens with zero attached hydrogens (tertiary/aromatic N) is 1. The number of benzene rings is 1. The number of anilines is 1. The summed E-state index contributed by atoms with van der Waals surface area (Å²) < 4.78 is 0.938. The number of carbonyl (C=O) groups is 3. The van der Waals surface area contributed by atoms with Crippen LogP contribution in [0, 0.1) is 35.5 Å². The molecule has 4 aliphatic carbocycles. The van der Waals surface area contributed by atoms with Crippen molar-refractivity contribution in [3.8, 4) is 0 Å². The number of nitrogens with one attached hydrogen (secondary N) is 1. The van der Waals surface area contributed by atoms with Crippen LogP contribution in [0.1, 0.15) is 12.8 Å². The highest BCUT2D eigenvalue weighted by atomic mass is 79.9. The Balaban J connectivity index is 1.24. The molecule has 0 aromatic heterocycles. The number of hydrogen-bond donors (Lipinski definition) is 1. The molecule has 6 heteroatoms. The summed E-state index contributed by atoms with van der Waals surface area (Å²) in [6.45, 7) is 0.168. The van der Waals surface area contributed by atoms with Gasteiger partial charge in [-0.2, -0.15) is 0 Å². The van der Waals surface area contributed by atoms with Crippen molar-refractivity contribution < 1.29 is 14.4 Å². The minimum atomic E-state index is -0.188. The van der Waals surface area contributed by atoms with Gasteiger partial charge in [-0.15, -0.1) is 0 Å². The fraction of sp³-hybridized carbons (Fsp3) is 0.450. The number of rotatable bonds is 4. The molecule has 6 atom stereocenters. The summed E-state index contributed by atoms with van der Waals surface area (Å²) in [4.78, 5) is 39.2.